The molecule has 0 aliphatic carbocycles. The zero-order valence-corrected chi connectivity index (χ0v) is 7.34. The Balaban J connectivity index is 2.65. The van der Waals surface area contributed by atoms with Crippen LogP contribution in [0.5, 0.6) is 0 Å². The van der Waals surface area contributed by atoms with E-state index in [9.17, 15) is 5.11 Å². The summed E-state index contributed by atoms with van der Waals surface area (Å²) in [6.07, 6.45) is 3.28. The van der Waals surface area contributed by atoms with E-state index >= 15 is 0 Å². The minimum absolute atomic E-state index is 0.453. The maximum absolute atomic E-state index is 9.39. The third-order valence-corrected chi connectivity index (χ3v) is 1.37. The maximum atomic E-state index is 9.39. The molecule has 1 heterocycles. The smallest absolute Gasteiger partial charge is 0.146 e. The lowest BCUT2D eigenvalue weighted by Crippen LogP contribution is -2.25. The molecule has 0 radical (unpaired) electrons. The van der Waals surface area contributed by atoms with Gasteiger partial charge in [-0.1, -0.05) is 11.6 Å². The second kappa shape index (κ2) is 2.83. The van der Waals surface area contributed by atoms with Crippen LogP contribution in [0.25, 0.3) is 0 Å². The zero-order valence-electron chi connectivity index (χ0n) is 6.58. The summed E-state index contributed by atoms with van der Waals surface area (Å²) in [5, 5.41) is 9.84. The molecule has 1 aromatic heterocycles. The Labute approximate surface area is 70.6 Å². The molecule has 0 aromatic carbocycles. The minimum atomic E-state index is -0.718. The molecule has 4 heteroatoms. The van der Waals surface area contributed by atoms with E-state index in [4.69, 9.17) is 11.6 Å². The number of nitrogens with zero attached hydrogens (tertiary/aromatic N) is 2. The van der Waals surface area contributed by atoms with Gasteiger partial charge in [-0.25, -0.2) is 4.98 Å². The molecule has 1 aromatic rings. The molecule has 0 spiro atoms. The Bertz CT molecular complexity index is 239. The van der Waals surface area contributed by atoms with E-state index in [2.05, 4.69) is 4.98 Å². The summed E-state index contributed by atoms with van der Waals surface area (Å²) in [4.78, 5) is 3.82. The van der Waals surface area contributed by atoms with Gasteiger partial charge in [0.25, 0.3) is 0 Å². The Morgan fingerprint density at radius 1 is 1.73 bits per heavy atom. The normalized spacial score (nSPS) is 12.0. The van der Waals surface area contributed by atoms with Gasteiger partial charge in [0, 0.05) is 6.20 Å². The van der Waals surface area contributed by atoms with Crippen molar-refractivity contribution >= 4 is 11.6 Å². The summed E-state index contributed by atoms with van der Waals surface area (Å²) in [6.45, 7) is 3.98. The highest BCUT2D eigenvalue weighted by Crippen LogP contribution is 2.08. The highest BCUT2D eigenvalue weighted by atomic mass is 35.5. The van der Waals surface area contributed by atoms with Gasteiger partial charge in [-0.05, 0) is 13.8 Å². The summed E-state index contributed by atoms with van der Waals surface area (Å²) in [7, 11) is 0. The lowest BCUT2D eigenvalue weighted by molar-refractivity contribution is 0.0615. The second-order valence-electron chi connectivity index (χ2n) is 3.18. The fourth-order valence-electron chi connectivity index (χ4n) is 0.866. The third-order valence-electron chi connectivity index (χ3n) is 1.17. The van der Waals surface area contributed by atoms with Gasteiger partial charge < -0.3 is 9.67 Å². The molecule has 0 unspecified atom stereocenters. The molecule has 3 nitrogen and oxygen atoms in total. The number of rotatable bonds is 2. The van der Waals surface area contributed by atoms with Crippen LogP contribution in [0.4, 0.5) is 0 Å². The first-order valence-electron chi connectivity index (χ1n) is 3.37. The average molecular weight is 175 g/mol. The maximum Gasteiger partial charge on any atom is 0.146 e. The van der Waals surface area contributed by atoms with Crippen molar-refractivity contribution in [2.45, 2.75) is 26.0 Å². The van der Waals surface area contributed by atoms with Gasteiger partial charge in [0.15, 0.2) is 0 Å². The van der Waals surface area contributed by atoms with Crippen LogP contribution in [-0.4, -0.2) is 20.3 Å². The van der Waals surface area contributed by atoms with Crippen molar-refractivity contribution in [1.29, 1.82) is 0 Å². The lowest BCUT2D eigenvalue weighted by Gasteiger charge is -2.16. The molecule has 11 heavy (non-hydrogen) atoms. The Morgan fingerprint density at radius 2 is 2.36 bits per heavy atom. The van der Waals surface area contributed by atoms with Crippen LogP contribution in [0, 0.1) is 0 Å². The monoisotopic (exact) mass is 174 g/mol. The van der Waals surface area contributed by atoms with Crippen molar-refractivity contribution in [3.05, 3.63) is 17.7 Å². The first-order chi connectivity index (χ1) is 4.97. The predicted molar refractivity (Wildman–Crippen MR) is 43.5 cm³/mol. The molecule has 0 saturated heterocycles. The molecule has 1 rings (SSSR count). The molecule has 0 aliphatic heterocycles. The van der Waals surface area contributed by atoms with Gasteiger partial charge in [0.1, 0.15) is 5.15 Å². The highest BCUT2D eigenvalue weighted by molar-refractivity contribution is 6.29. The Hall–Kier alpha value is -0.540. The van der Waals surface area contributed by atoms with E-state index < -0.39 is 5.60 Å². The van der Waals surface area contributed by atoms with Crippen molar-refractivity contribution in [2.75, 3.05) is 0 Å². The van der Waals surface area contributed by atoms with Crippen molar-refractivity contribution in [3.8, 4) is 0 Å². The standard InChI is InChI=1S/C7H11ClN2O/c1-7(2,11)4-10-3-6(8)9-5-10/h3,5,11H,4H2,1-2H3. The number of aromatic nitrogens is 2. The quantitative estimate of drug-likeness (QED) is 0.734. The molecule has 0 bridgehead atoms. The van der Waals surface area contributed by atoms with Gasteiger partial charge in [-0.3, -0.25) is 0 Å². The minimum Gasteiger partial charge on any atom is -0.389 e. The van der Waals surface area contributed by atoms with Gasteiger partial charge in [0.2, 0.25) is 0 Å². The van der Waals surface area contributed by atoms with Crippen molar-refractivity contribution in [1.82, 2.24) is 9.55 Å². The number of halogens is 1. The van der Waals surface area contributed by atoms with E-state index in [0.29, 0.717) is 11.7 Å². The number of aliphatic hydroxyl groups is 1. The molecule has 1 N–H and O–H groups in total. The van der Waals surface area contributed by atoms with Crippen molar-refractivity contribution < 1.29 is 5.11 Å². The van der Waals surface area contributed by atoms with Crippen LogP contribution < -0.4 is 0 Å². The van der Waals surface area contributed by atoms with Crippen LogP contribution in [0.3, 0.4) is 0 Å². The molecule has 62 valence electrons. The van der Waals surface area contributed by atoms with E-state index in [1.165, 1.54) is 0 Å². The summed E-state index contributed by atoms with van der Waals surface area (Å²) < 4.78 is 1.75. The molecule has 0 amide bonds. The number of hydrogen-bond donors (Lipinski definition) is 1. The zero-order chi connectivity index (χ0) is 8.48. The molecule has 0 atom stereocenters. The third kappa shape index (κ3) is 2.91. The van der Waals surface area contributed by atoms with Gasteiger partial charge >= 0.3 is 0 Å². The first-order valence-corrected chi connectivity index (χ1v) is 3.75. The van der Waals surface area contributed by atoms with Crippen LogP contribution in [0.15, 0.2) is 12.5 Å². The van der Waals surface area contributed by atoms with Crippen LogP contribution in [0.2, 0.25) is 5.15 Å². The SMILES string of the molecule is CC(C)(O)Cn1cnc(Cl)c1. The van der Waals surface area contributed by atoms with Crippen LogP contribution >= 0.6 is 11.6 Å². The predicted octanol–water partition coefficient (Wildman–Crippen LogP) is 1.31. The Kier molecular flexibility index (Phi) is 2.20. The van der Waals surface area contributed by atoms with Crippen LogP contribution in [-0.2, 0) is 6.54 Å². The van der Waals surface area contributed by atoms with Crippen LogP contribution in [0.1, 0.15) is 13.8 Å². The molecular weight excluding hydrogens is 164 g/mol. The van der Waals surface area contributed by atoms with Crippen molar-refractivity contribution in [2.24, 2.45) is 0 Å². The summed E-state index contributed by atoms with van der Waals surface area (Å²) in [5.74, 6) is 0. The molecular formula is C7H11ClN2O. The van der Waals surface area contributed by atoms with Gasteiger partial charge in [-0.15, -0.1) is 0 Å². The van der Waals surface area contributed by atoms with E-state index in [0.717, 1.165) is 0 Å². The second-order valence-corrected chi connectivity index (χ2v) is 3.57. The largest absolute Gasteiger partial charge is 0.389 e. The molecule has 0 aliphatic rings. The summed E-state index contributed by atoms with van der Waals surface area (Å²) in [5.41, 5.74) is -0.718. The van der Waals surface area contributed by atoms with Crippen molar-refractivity contribution in [3.63, 3.8) is 0 Å². The molecule has 0 saturated carbocycles. The fourth-order valence-corrected chi connectivity index (χ4v) is 1.04. The number of imidazole rings is 1. The average Bonchev–Trinajstić information content (AvgIpc) is 2.10. The summed E-state index contributed by atoms with van der Waals surface area (Å²) in [6, 6.07) is 0. The number of hydrogen-bond acceptors (Lipinski definition) is 2. The topological polar surface area (TPSA) is 38.0 Å². The summed E-state index contributed by atoms with van der Waals surface area (Å²) >= 11 is 5.58. The van der Waals surface area contributed by atoms with E-state index in [1.807, 2.05) is 0 Å². The van der Waals surface area contributed by atoms with Gasteiger partial charge in [-0.2, -0.15) is 0 Å². The van der Waals surface area contributed by atoms with Gasteiger partial charge in [0.05, 0.1) is 18.5 Å². The van der Waals surface area contributed by atoms with E-state index in [-0.39, 0.29) is 0 Å². The lowest BCUT2D eigenvalue weighted by atomic mass is 10.1. The first kappa shape index (κ1) is 8.56. The fraction of sp³-hybridized carbons (Fsp3) is 0.571. The Morgan fingerprint density at radius 3 is 2.73 bits per heavy atom. The highest BCUT2D eigenvalue weighted by Gasteiger charge is 2.12. The van der Waals surface area contributed by atoms with E-state index in [1.54, 1.807) is 30.9 Å². The molecule has 0 fully saturated rings.